The van der Waals surface area contributed by atoms with Gasteiger partial charge < -0.3 is 10.5 Å². The lowest BCUT2D eigenvalue weighted by Crippen LogP contribution is -2.01. The van der Waals surface area contributed by atoms with Crippen LogP contribution in [-0.4, -0.2) is 0 Å². The summed E-state index contributed by atoms with van der Waals surface area (Å²) in [6.45, 7) is 4.28. The van der Waals surface area contributed by atoms with Crippen LogP contribution in [0.1, 0.15) is 16.7 Å². The number of aryl methyl sites for hydroxylation is 2. The van der Waals surface area contributed by atoms with Crippen molar-refractivity contribution in [3.05, 3.63) is 57.1 Å². The van der Waals surface area contributed by atoms with E-state index in [0.717, 1.165) is 22.4 Å². The van der Waals surface area contributed by atoms with Crippen LogP contribution in [0.5, 0.6) is 11.5 Å². The molecule has 4 heteroatoms. The number of para-hydroxylation sites is 1. The van der Waals surface area contributed by atoms with Gasteiger partial charge in [-0.3, -0.25) is 0 Å². The summed E-state index contributed by atoms with van der Waals surface area (Å²) in [5.41, 5.74) is 8.52. The Bertz CT molecular complexity index is 588. The van der Waals surface area contributed by atoms with Crippen LogP contribution in [0, 0.1) is 13.8 Å². The van der Waals surface area contributed by atoms with E-state index in [0.29, 0.717) is 22.3 Å². The SMILES string of the molecule is Cc1cc(Cl)cc(C)c1Oc1c(Cl)cccc1CN. The molecule has 19 heavy (non-hydrogen) atoms. The van der Waals surface area contributed by atoms with Crippen molar-refractivity contribution >= 4 is 23.2 Å². The minimum atomic E-state index is 0.377. The summed E-state index contributed by atoms with van der Waals surface area (Å²) in [4.78, 5) is 0. The normalized spacial score (nSPS) is 10.6. The first-order chi connectivity index (χ1) is 9.02. The lowest BCUT2D eigenvalue weighted by Gasteiger charge is -2.15. The quantitative estimate of drug-likeness (QED) is 0.877. The van der Waals surface area contributed by atoms with Crippen molar-refractivity contribution in [3.8, 4) is 11.5 Å². The third-order valence-corrected chi connectivity index (χ3v) is 3.41. The second-order valence-electron chi connectivity index (χ2n) is 4.40. The molecule has 0 heterocycles. The largest absolute Gasteiger partial charge is 0.455 e. The maximum Gasteiger partial charge on any atom is 0.150 e. The van der Waals surface area contributed by atoms with Crippen LogP contribution in [0.15, 0.2) is 30.3 Å². The van der Waals surface area contributed by atoms with Crippen LogP contribution in [0.4, 0.5) is 0 Å². The van der Waals surface area contributed by atoms with E-state index in [1.54, 1.807) is 6.07 Å². The summed E-state index contributed by atoms with van der Waals surface area (Å²) in [6.07, 6.45) is 0. The fraction of sp³-hybridized carbons (Fsp3) is 0.200. The average Bonchev–Trinajstić information content (AvgIpc) is 2.34. The van der Waals surface area contributed by atoms with E-state index in [1.165, 1.54) is 0 Å². The van der Waals surface area contributed by atoms with Gasteiger partial charge in [0.05, 0.1) is 5.02 Å². The minimum absolute atomic E-state index is 0.377. The number of nitrogens with two attached hydrogens (primary N) is 1. The lowest BCUT2D eigenvalue weighted by atomic mass is 10.1. The molecule has 0 amide bonds. The highest BCUT2D eigenvalue weighted by molar-refractivity contribution is 6.32. The Morgan fingerprint density at radius 2 is 1.68 bits per heavy atom. The summed E-state index contributed by atoms with van der Waals surface area (Å²) in [7, 11) is 0. The van der Waals surface area contributed by atoms with E-state index in [4.69, 9.17) is 33.7 Å². The lowest BCUT2D eigenvalue weighted by molar-refractivity contribution is 0.469. The van der Waals surface area contributed by atoms with Crippen molar-refractivity contribution in [2.45, 2.75) is 20.4 Å². The summed E-state index contributed by atoms with van der Waals surface area (Å²) in [6, 6.07) is 9.28. The van der Waals surface area contributed by atoms with Gasteiger partial charge >= 0.3 is 0 Å². The predicted molar refractivity (Wildman–Crippen MR) is 80.3 cm³/mol. The molecule has 0 unspecified atom stereocenters. The van der Waals surface area contributed by atoms with Crippen LogP contribution in [0.2, 0.25) is 10.0 Å². The molecule has 0 bridgehead atoms. The van der Waals surface area contributed by atoms with Crippen molar-refractivity contribution in [2.75, 3.05) is 0 Å². The molecule has 0 aliphatic rings. The molecule has 0 spiro atoms. The van der Waals surface area contributed by atoms with Crippen molar-refractivity contribution in [2.24, 2.45) is 5.73 Å². The van der Waals surface area contributed by atoms with Gasteiger partial charge in [-0.2, -0.15) is 0 Å². The second kappa shape index (κ2) is 5.83. The molecule has 0 aromatic heterocycles. The summed E-state index contributed by atoms with van der Waals surface area (Å²) >= 11 is 12.2. The molecule has 0 aliphatic carbocycles. The predicted octanol–water partition coefficient (Wildman–Crippen LogP) is 4.86. The van der Waals surface area contributed by atoms with Crippen molar-refractivity contribution in [3.63, 3.8) is 0 Å². The van der Waals surface area contributed by atoms with Crippen molar-refractivity contribution in [1.29, 1.82) is 0 Å². The van der Waals surface area contributed by atoms with Crippen LogP contribution in [0.25, 0.3) is 0 Å². The van der Waals surface area contributed by atoms with E-state index in [9.17, 15) is 0 Å². The van der Waals surface area contributed by atoms with E-state index in [2.05, 4.69) is 0 Å². The van der Waals surface area contributed by atoms with Gasteiger partial charge in [-0.05, 0) is 43.2 Å². The molecule has 2 aromatic carbocycles. The topological polar surface area (TPSA) is 35.2 Å². The van der Waals surface area contributed by atoms with Crippen molar-refractivity contribution < 1.29 is 4.74 Å². The maximum atomic E-state index is 6.19. The number of rotatable bonds is 3. The zero-order valence-electron chi connectivity index (χ0n) is 10.8. The Hall–Kier alpha value is -1.22. The number of ether oxygens (including phenoxy) is 1. The summed E-state index contributed by atoms with van der Waals surface area (Å²) < 4.78 is 5.98. The molecular weight excluding hydrogens is 281 g/mol. The molecule has 0 atom stereocenters. The number of hydrogen-bond acceptors (Lipinski definition) is 2. The molecule has 2 aromatic rings. The molecule has 0 radical (unpaired) electrons. The maximum absolute atomic E-state index is 6.19. The third-order valence-electron chi connectivity index (χ3n) is 2.90. The molecule has 0 saturated carbocycles. The fourth-order valence-electron chi connectivity index (χ4n) is 1.99. The Kier molecular flexibility index (Phi) is 4.35. The van der Waals surface area contributed by atoms with Gasteiger partial charge in [-0.25, -0.2) is 0 Å². The first kappa shape index (κ1) is 14.2. The van der Waals surface area contributed by atoms with Crippen LogP contribution < -0.4 is 10.5 Å². The van der Waals surface area contributed by atoms with Gasteiger partial charge in [-0.1, -0.05) is 35.3 Å². The van der Waals surface area contributed by atoms with E-state index in [-0.39, 0.29) is 0 Å². The molecule has 0 fully saturated rings. The van der Waals surface area contributed by atoms with E-state index in [1.807, 2.05) is 38.1 Å². The second-order valence-corrected chi connectivity index (χ2v) is 5.25. The third kappa shape index (κ3) is 3.03. The minimum Gasteiger partial charge on any atom is -0.455 e. The highest BCUT2D eigenvalue weighted by Gasteiger charge is 2.12. The van der Waals surface area contributed by atoms with E-state index < -0.39 is 0 Å². The Morgan fingerprint density at radius 3 is 2.26 bits per heavy atom. The molecule has 2 nitrogen and oxygen atoms in total. The van der Waals surface area contributed by atoms with Gasteiger partial charge in [0.2, 0.25) is 0 Å². The van der Waals surface area contributed by atoms with Gasteiger partial charge in [0.15, 0.2) is 5.75 Å². The average molecular weight is 296 g/mol. The van der Waals surface area contributed by atoms with Gasteiger partial charge in [0.25, 0.3) is 0 Å². The van der Waals surface area contributed by atoms with Crippen LogP contribution in [-0.2, 0) is 6.54 Å². The van der Waals surface area contributed by atoms with Crippen LogP contribution >= 0.6 is 23.2 Å². The van der Waals surface area contributed by atoms with Gasteiger partial charge in [0.1, 0.15) is 5.75 Å². The first-order valence-electron chi connectivity index (χ1n) is 5.95. The standard InChI is InChI=1S/C15H15Cl2NO/c1-9-6-12(16)7-10(2)14(9)19-15-11(8-18)4-3-5-13(15)17/h3-7H,8,18H2,1-2H3. The Balaban J connectivity index is 2.48. The number of halogens is 2. The molecule has 100 valence electrons. The fourth-order valence-corrected chi connectivity index (χ4v) is 2.55. The Morgan fingerprint density at radius 1 is 1.05 bits per heavy atom. The molecular formula is C15H15Cl2NO. The zero-order chi connectivity index (χ0) is 14.0. The van der Waals surface area contributed by atoms with Crippen LogP contribution in [0.3, 0.4) is 0 Å². The first-order valence-corrected chi connectivity index (χ1v) is 6.70. The number of benzene rings is 2. The Labute approximate surface area is 123 Å². The molecule has 0 aliphatic heterocycles. The monoisotopic (exact) mass is 295 g/mol. The molecule has 2 rings (SSSR count). The summed E-state index contributed by atoms with van der Waals surface area (Å²) in [5, 5.41) is 1.25. The van der Waals surface area contributed by atoms with Gasteiger partial charge in [0, 0.05) is 17.1 Å². The number of hydrogen-bond donors (Lipinski definition) is 1. The highest BCUT2D eigenvalue weighted by Crippen LogP contribution is 2.36. The molecule has 2 N–H and O–H groups in total. The van der Waals surface area contributed by atoms with Gasteiger partial charge in [-0.15, -0.1) is 0 Å². The van der Waals surface area contributed by atoms with E-state index >= 15 is 0 Å². The summed E-state index contributed by atoms with van der Waals surface area (Å²) in [5.74, 6) is 1.38. The van der Waals surface area contributed by atoms with Crippen molar-refractivity contribution in [1.82, 2.24) is 0 Å². The smallest absolute Gasteiger partial charge is 0.150 e. The zero-order valence-corrected chi connectivity index (χ0v) is 12.3. The molecule has 0 saturated heterocycles. The highest BCUT2D eigenvalue weighted by atomic mass is 35.5.